The molecule has 0 atom stereocenters. The summed E-state index contributed by atoms with van der Waals surface area (Å²) in [5.74, 6) is 0.106. The number of benzene rings is 1. The lowest BCUT2D eigenvalue weighted by Gasteiger charge is -2.05. The number of phenolic OH excluding ortho intramolecular Hbond substituents is 1. The minimum atomic E-state index is -0.0942. The van der Waals surface area contributed by atoms with Crippen LogP contribution in [0.25, 0.3) is 0 Å². The second kappa shape index (κ2) is 5.07. The van der Waals surface area contributed by atoms with Crippen LogP contribution in [0.15, 0.2) is 36.9 Å². The highest BCUT2D eigenvalue weighted by Crippen LogP contribution is 2.14. The number of rotatable bonds is 4. The van der Waals surface area contributed by atoms with Gasteiger partial charge in [-0.05, 0) is 6.07 Å². The van der Waals surface area contributed by atoms with Crippen molar-refractivity contribution in [1.29, 1.82) is 0 Å². The molecule has 14 heavy (non-hydrogen) atoms. The highest BCUT2D eigenvalue weighted by Gasteiger charge is 2.01. The molecule has 0 fully saturated rings. The first-order chi connectivity index (χ1) is 6.74. The first-order valence-corrected chi connectivity index (χ1v) is 4.38. The lowest BCUT2D eigenvalue weighted by molar-refractivity contribution is -0.120. The monoisotopic (exact) mass is 191 g/mol. The van der Waals surface area contributed by atoms with Crippen LogP contribution in [0.1, 0.15) is 12.0 Å². The molecule has 0 saturated heterocycles. The molecule has 0 heterocycles. The molecule has 0 aliphatic carbocycles. The zero-order valence-corrected chi connectivity index (χ0v) is 7.86. The molecule has 3 nitrogen and oxygen atoms in total. The fourth-order valence-electron chi connectivity index (χ4n) is 1.06. The van der Waals surface area contributed by atoms with E-state index in [1.54, 1.807) is 24.3 Å². The maximum atomic E-state index is 11.1. The van der Waals surface area contributed by atoms with Gasteiger partial charge in [0, 0.05) is 18.5 Å². The largest absolute Gasteiger partial charge is 0.508 e. The number of aromatic hydroxyl groups is 1. The molecule has 0 aliphatic heterocycles. The lowest BCUT2D eigenvalue weighted by atomic mass is 10.2. The van der Waals surface area contributed by atoms with Gasteiger partial charge in [0.1, 0.15) is 5.75 Å². The van der Waals surface area contributed by atoms with Gasteiger partial charge < -0.3 is 10.4 Å². The van der Waals surface area contributed by atoms with Crippen LogP contribution in [0.4, 0.5) is 0 Å². The molecule has 0 aliphatic rings. The molecule has 1 amide bonds. The number of hydrogen-bond acceptors (Lipinski definition) is 2. The van der Waals surface area contributed by atoms with E-state index in [1.165, 1.54) is 0 Å². The van der Waals surface area contributed by atoms with Crippen molar-refractivity contribution in [3.8, 4) is 5.75 Å². The summed E-state index contributed by atoms with van der Waals surface area (Å²) in [4.78, 5) is 11.1. The Balaban J connectivity index is 2.49. The third-order valence-corrected chi connectivity index (χ3v) is 1.80. The van der Waals surface area contributed by atoms with Crippen LogP contribution >= 0.6 is 0 Å². The topological polar surface area (TPSA) is 49.3 Å². The highest BCUT2D eigenvalue weighted by molar-refractivity contribution is 5.77. The van der Waals surface area contributed by atoms with Crippen molar-refractivity contribution in [2.45, 2.75) is 13.0 Å². The third kappa shape index (κ3) is 2.94. The van der Waals surface area contributed by atoms with E-state index in [0.29, 0.717) is 18.5 Å². The van der Waals surface area contributed by atoms with Crippen molar-refractivity contribution in [3.63, 3.8) is 0 Å². The van der Waals surface area contributed by atoms with E-state index >= 15 is 0 Å². The first-order valence-electron chi connectivity index (χ1n) is 4.38. The minimum absolute atomic E-state index is 0.0942. The minimum Gasteiger partial charge on any atom is -0.508 e. The molecule has 0 spiro atoms. The Morgan fingerprint density at radius 1 is 1.50 bits per heavy atom. The van der Waals surface area contributed by atoms with Gasteiger partial charge in [0.2, 0.25) is 5.91 Å². The molecule has 0 aromatic heterocycles. The maximum Gasteiger partial charge on any atom is 0.224 e. The van der Waals surface area contributed by atoms with Crippen LogP contribution in [-0.2, 0) is 11.3 Å². The summed E-state index contributed by atoms with van der Waals surface area (Å²) in [6.45, 7) is 3.81. The molecule has 1 aromatic rings. The van der Waals surface area contributed by atoms with Gasteiger partial charge in [0.05, 0.1) is 0 Å². The van der Waals surface area contributed by atoms with Crippen molar-refractivity contribution in [1.82, 2.24) is 5.32 Å². The second-order valence-electron chi connectivity index (χ2n) is 2.90. The average Bonchev–Trinajstić information content (AvgIpc) is 2.17. The molecule has 74 valence electrons. The number of carbonyl (C=O) groups excluding carboxylic acids is 1. The number of carbonyl (C=O) groups is 1. The SMILES string of the molecule is C=CCC(=O)NCc1ccccc1O. The van der Waals surface area contributed by atoms with Crippen molar-refractivity contribution in [3.05, 3.63) is 42.5 Å². The Kier molecular flexibility index (Phi) is 3.73. The van der Waals surface area contributed by atoms with E-state index in [2.05, 4.69) is 11.9 Å². The van der Waals surface area contributed by atoms with Crippen LogP contribution < -0.4 is 5.32 Å². The highest BCUT2D eigenvalue weighted by atomic mass is 16.3. The molecular formula is C11H13NO2. The van der Waals surface area contributed by atoms with Gasteiger partial charge in [-0.25, -0.2) is 0 Å². The summed E-state index contributed by atoms with van der Waals surface area (Å²) in [6.07, 6.45) is 1.84. The van der Waals surface area contributed by atoms with Crippen molar-refractivity contribution >= 4 is 5.91 Å². The van der Waals surface area contributed by atoms with E-state index < -0.39 is 0 Å². The molecular weight excluding hydrogens is 178 g/mol. The van der Waals surface area contributed by atoms with Crippen LogP contribution in [0.2, 0.25) is 0 Å². The molecule has 3 heteroatoms. The van der Waals surface area contributed by atoms with E-state index in [-0.39, 0.29) is 11.7 Å². The molecule has 1 aromatic carbocycles. The summed E-state index contributed by atoms with van der Waals surface area (Å²) in [6, 6.07) is 6.91. The smallest absolute Gasteiger partial charge is 0.224 e. The zero-order valence-electron chi connectivity index (χ0n) is 7.86. The van der Waals surface area contributed by atoms with Crippen molar-refractivity contribution in [2.24, 2.45) is 0 Å². The van der Waals surface area contributed by atoms with E-state index in [0.717, 1.165) is 0 Å². The van der Waals surface area contributed by atoms with Crippen LogP contribution in [0, 0.1) is 0 Å². The van der Waals surface area contributed by atoms with Gasteiger partial charge in [0.15, 0.2) is 0 Å². The lowest BCUT2D eigenvalue weighted by Crippen LogP contribution is -2.21. The van der Waals surface area contributed by atoms with Crippen LogP contribution in [0.3, 0.4) is 0 Å². The fourth-order valence-corrected chi connectivity index (χ4v) is 1.06. The van der Waals surface area contributed by atoms with Gasteiger partial charge >= 0.3 is 0 Å². The van der Waals surface area contributed by atoms with Gasteiger partial charge in [-0.15, -0.1) is 6.58 Å². The number of nitrogens with one attached hydrogen (secondary N) is 1. The normalized spacial score (nSPS) is 9.43. The molecule has 0 radical (unpaired) electrons. The molecule has 0 saturated carbocycles. The van der Waals surface area contributed by atoms with Crippen LogP contribution in [0.5, 0.6) is 5.75 Å². The molecule has 2 N–H and O–H groups in total. The van der Waals surface area contributed by atoms with Crippen molar-refractivity contribution in [2.75, 3.05) is 0 Å². The quantitative estimate of drug-likeness (QED) is 0.710. The summed E-state index contributed by atoms with van der Waals surface area (Å²) < 4.78 is 0. The summed E-state index contributed by atoms with van der Waals surface area (Å²) in [5, 5.41) is 12.1. The van der Waals surface area contributed by atoms with Gasteiger partial charge in [-0.1, -0.05) is 24.3 Å². The average molecular weight is 191 g/mol. The molecule has 1 rings (SSSR count). The Morgan fingerprint density at radius 2 is 2.21 bits per heavy atom. The summed E-state index contributed by atoms with van der Waals surface area (Å²) >= 11 is 0. The molecule has 0 unspecified atom stereocenters. The standard InChI is InChI=1S/C11H13NO2/c1-2-5-11(14)12-8-9-6-3-4-7-10(9)13/h2-4,6-7,13H,1,5,8H2,(H,12,14). The molecule has 0 bridgehead atoms. The van der Waals surface area contributed by atoms with Gasteiger partial charge in [-0.3, -0.25) is 4.79 Å². The van der Waals surface area contributed by atoms with Crippen LogP contribution in [-0.4, -0.2) is 11.0 Å². The number of phenols is 1. The number of para-hydroxylation sites is 1. The van der Waals surface area contributed by atoms with E-state index in [4.69, 9.17) is 0 Å². The Hall–Kier alpha value is -1.77. The summed E-state index contributed by atoms with van der Waals surface area (Å²) in [7, 11) is 0. The third-order valence-electron chi connectivity index (χ3n) is 1.80. The first kappa shape index (κ1) is 10.3. The zero-order chi connectivity index (χ0) is 10.4. The van der Waals surface area contributed by atoms with E-state index in [9.17, 15) is 9.90 Å². The fraction of sp³-hybridized carbons (Fsp3) is 0.182. The predicted molar refractivity (Wildman–Crippen MR) is 54.8 cm³/mol. The predicted octanol–water partition coefficient (Wildman–Crippen LogP) is 1.58. The Labute approximate surface area is 83.1 Å². The van der Waals surface area contributed by atoms with Crippen molar-refractivity contribution < 1.29 is 9.90 Å². The summed E-state index contributed by atoms with van der Waals surface area (Å²) in [5.41, 5.74) is 0.713. The second-order valence-corrected chi connectivity index (χ2v) is 2.90. The van der Waals surface area contributed by atoms with E-state index in [1.807, 2.05) is 6.07 Å². The maximum absolute atomic E-state index is 11.1. The number of amides is 1. The Morgan fingerprint density at radius 3 is 2.86 bits per heavy atom. The Bertz CT molecular complexity index is 334. The van der Waals surface area contributed by atoms with Gasteiger partial charge in [-0.2, -0.15) is 0 Å². The van der Waals surface area contributed by atoms with Gasteiger partial charge in [0.25, 0.3) is 0 Å². The number of hydrogen-bond donors (Lipinski definition) is 2.